The van der Waals surface area contributed by atoms with Gasteiger partial charge in [-0.2, -0.15) is 0 Å². The molecule has 2 rings (SSSR count). The van der Waals surface area contributed by atoms with Crippen LogP contribution in [0.2, 0.25) is 10.0 Å². The molecule has 1 heterocycles. The lowest BCUT2D eigenvalue weighted by molar-refractivity contribution is -0.120. The molecule has 1 aliphatic rings. The van der Waals surface area contributed by atoms with E-state index in [1.807, 2.05) is 0 Å². The summed E-state index contributed by atoms with van der Waals surface area (Å²) in [6.07, 6.45) is 1.73. The van der Waals surface area contributed by atoms with Gasteiger partial charge in [-0.25, -0.2) is 0 Å². The zero-order valence-electron chi connectivity index (χ0n) is 10.4. The van der Waals surface area contributed by atoms with Gasteiger partial charge in [0.2, 0.25) is 5.91 Å². The molecule has 0 unspecified atom stereocenters. The number of rotatable bonds is 4. The molecule has 2 N–H and O–H groups in total. The summed E-state index contributed by atoms with van der Waals surface area (Å²) in [7, 11) is 0. The molecule has 1 aromatic rings. The number of hydrogen-bond acceptors (Lipinski definition) is 3. The Balaban J connectivity index is 1.81. The lowest BCUT2D eigenvalue weighted by Gasteiger charge is -2.23. The third-order valence-electron chi connectivity index (χ3n) is 2.95. The van der Waals surface area contributed by atoms with Crippen LogP contribution in [0.1, 0.15) is 12.8 Å². The van der Waals surface area contributed by atoms with Crippen molar-refractivity contribution in [3.63, 3.8) is 0 Å². The highest BCUT2D eigenvalue weighted by molar-refractivity contribution is 6.35. The first-order chi connectivity index (χ1) is 9.15. The molecule has 0 aromatic heterocycles. The molecule has 1 fully saturated rings. The van der Waals surface area contributed by atoms with Crippen molar-refractivity contribution in [3.8, 4) is 0 Å². The molecule has 1 amide bonds. The van der Waals surface area contributed by atoms with Crippen LogP contribution in [-0.4, -0.2) is 31.7 Å². The van der Waals surface area contributed by atoms with Crippen LogP contribution in [0.15, 0.2) is 18.2 Å². The zero-order valence-corrected chi connectivity index (χ0v) is 11.9. The van der Waals surface area contributed by atoms with E-state index in [1.54, 1.807) is 18.2 Å². The number of nitrogens with one attached hydrogen (secondary N) is 2. The van der Waals surface area contributed by atoms with Crippen molar-refractivity contribution in [3.05, 3.63) is 28.2 Å². The minimum absolute atomic E-state index is 0.0528. The van der Waals surface area contributed by atoms with Crippen LogP contribution in [0.25, 0.3) is 0 Å². The van der Waals surface area contributed by atoms with Gasteiger partial charge in [-0.1, -0.05) is 23.2 Å². The van der Waals surface area contributed by atoms with Crippen LogP contribution in [0.5, 0.6) is 0 Å². The molecule has 6 heteroatoms. The van der Waals surface area contributed by atoms with Gasteiger partial charge in [0, 0.05) is 24.3 Å². The number of benzene rings is 1. The summed E-state index contributed by atoms with van der Waals surface area (Å²) in [4.78, 5) is 11.8. The van der Waals surface area contributed by atoms with Crippen molar-refractivity contribution in [2.45, 2.75) is 18.9 Å². The third kappa shape index (κ3) is 4.56. The Hall–Kier alpha value is -0.970. The molecule has 0 spiro atoms. The molecule has 0 radical (unpaired) electrons. The van der Waals surface area contributed by atoms with E-state index in [0.717, 1.165) is 12.8 Å². The van der Waals surface area contributed by atoms with E-state index in [1.165, 1.54) is 0 Å². The lowest BCUT2D eigenvalue weighted by atomic mass is 10.1. The van der Waals surface area contributed by atoms with Gasteiger partial charge in [0.25, 0.3) is 0 Å². The molecule has 19 heavy (non-hydrogen) atoms. The number of carbonyl (C=O) groups is 1. The minimum atomic E-state index is -0.0528. The van der Waals surface area contributed by atoms with E-state index in [-0.39, 0.29) is 18.5 Å². The SMILES string of the molecule is O=C(CNc1cc(Cl)ccc1Cl)NC1CCOCC1. The maximum Gasteiger partial charge on any atom is 0.239 e. The number of carbonyl (C=O) groups excluding carboxylic acids is 1. The molecule has 1 aromatic carbocycles. The van der Waals surface area contributed by atoms with Crippen LogP contribution >= 0.6 is 23.2 Å². The minimum Gasteiger partial charge on any atom is -0.381 e. The molecule has 0 saturated carbocycles. The van der Waals surface area contributed by atoms with Gasteiger partial charge in [0.05, 0.1) is 17.3 Å². The Bertz CT molecular complexity index is 448. The van der Waals surface area contributed by atoms with Gasteiger partial charge >= 0.3 is 0 Å². The van der Waals surface area contributed by atoms with Crippen LogP contribution in [0, 0.1) is 0 Å². The molecule has 1 aliphatic heterocycles. The van der Waals surface area contributed by atoms with Gasteiger partial charge in [-0.3, -0.25) is 4.79 Å². The average Bonchev–Trinajstić information content (AvgIpc) is 2.41. The fraction of sp³-hybridized carbons (Fsp3) is 0.462. The quantitative estimate of drug-likeness (QED) is 0.899. The fourth-order valence-corrected chi connectivity index (χ4v) is 2.29. The van der Waals surface area contributed by atoms with E-state index in [9.17, 15) is 4.79 Å². The normalized spacial score (nSPS) is 16.1. The summed E-state index contributed by atoms with van der Waals surface area (Å²) < 4.78 is 5.24. The monoisotopic (exact) mass is 302 g/mol. The standard InChI is InChI=1S/C13H16Cl2N2O2/c14-9-1-2-11(15)12(7-9)16-8-13(18)17-10-3-5-19-6-4-10/h1-2,7,10,16H,3-6,8H2,(H,17,18). The summed E-state index contributed by atoms with van der Waals surface area (Å²) in [5.41, 5.74) is 0.663. The highest BCUT2D eigenvalue weighted by Crippen LogP contribution is 2.25. The maximum absolute atomic E-state index is 11.8. The van der Waals surface area contributed by atoms with Gasteiger partial charge in [-0.15, -0.1) is 0 Å². The van der Waals surface area contributed by atoms with Crippen molar-refractivity contribution in [2.24, 2.45) is 0 Å². The first-order valence-corrected chi connectivity index (χ1v) is 6.97. The molecule has 104 valence electrons. The molecule has 0 bridgehead atoms. The summed E-state index contributed by atoms with van der Waals surface area (Å²) in [5, 5.41) is 7.07. The Kier molecular flexibility index (Phi) is 5.31. The molecular formula is C13H16Cl2N2O2. The summed E-state index contributed by atoms with van der Waals surface area (Å²) >= 11 is 11.9. The van der Waals surface area contributed by atoms with Gasteiger partial charge in [-0.05, 0) is 31.0 Å². The number of hydrogen-bond donors (Lipinski definition) is 2. The van der Waals surface area contributed by atoms with E-state index in [4.69, 9.17) is 27.9 Å². The number of ether oxygens (including phenoxy) is 1. The first kappa shape index (κ1) is 14.4. The van der Waals surface area contributed by atoms with E-state index in [2.05, 4.69) is 10.6 Å². The van der Waals surface area contributed by atoms with E-state index >= 15 is 0 Å². The van der Waals surface area contributed by atoms with Crippen LogP contribution < -0.4 is 10.6 Å². The Morgan fingerprint density at radius 1 is 1.32 bits per heavy atom. The van der Waals surface area contributed by atoms with Gasteiger partial charge in [0.15, 0.2) is 0 Å². The Morgan fingerprint density at radius 3 is 2.79 bits per heavy atom. The molecule has 1 saturated heterocycles. The highest BCUT2D eigenvalue weighted by atomic mass is 35.5. The first-order valence-electron chi connectivity index (χ1n) is 6.21. The number of halogens is 2. The predicted octanol–water partition coefficient (Wildman–Crippen LogP) is 2.70. The summed E-state index contributed by atoms with van der Waals surface area (Å²) in [5.74, 6) is -0.0528. The average molecular weight is 303 g/mol. The Labute approximate surface area is 122 Å². The molecule has 0 atom stereocenters. The van der Waals surface area contributed by atoms with E-state index < -0.39 is 0 Å². The zero-order chi connectivity index (χ0) is 13.7. The number of amides is 1. The van der Waals surface area contributed by atoms with Crippen molar-refractivity contribution in [1.29, 1.82) is 0 Å². The Morgan fingerprint density at radius 2 is 2.05 bits per heavy atom. The van der Waals surface area contributed by atoms with Crippen LogP contribution in [-0.2, 0) is 9.53 Å². The summed E-state index contributed by atoms with van der Waals surface area (Å²) in [6, 6.07) is 5.31. The predicted molar refractivity (Wildman–Crippen MR) is 76.9 cm³/mol. The molecule has 4 nitrogen and oxygen atoms in total. The van der Waals surface area contributed by atoms with Crippen molar-refractivity contribution in [2.75, 3.05) is 25.1 Å². The van der Waals surface area contributed by atoms with Gasteiger partial charge < -0.3 is 15.4 Å². The van der Waals surface area contributed by atoms with Crippen LogP contribution in [0.3, 0.4) is 0 Å². The topological polar surface area (TPSA) is 50.4 Å². The highest BCUT2D eigenvalue weighted by Gasteiger charge is 2.15. The maximum atomic E-state index is 11.8. The second kappa shape index (κ2) is 6.98. The summed E-state index contributed by atoms with van der Waals surface area (Å²) in [6.45, 7) is 1.59. The van der Waals surface area contributed by atoms with E-state index in [0.29, 0.717) is 28.9 Å². The van der Waals surface area contributed by atoms with Crippen LogP contribution in [0.4, 0.5) is 5.69 Å². The fourth-order valence-electron chi connectivity index (χ4n) is 1.93. The van der Waals surface area contributed by atoms with Gasteiger partial charge in [0.1, 0.15) is 0 Å². The molecular weight excluding hydrogens is 287 g/mol. The van der Waals surface area contributed by atoms with Crippen molar-refractivity contribution >= 4 is 34.8 Å². The number of anilines is 1. The molecule has 0 aliphatic carbocycles. The third-order valence-corrected chi connectivity index (χ3v) is 3.52. The van der Waals surface area contributed by atoms with Crippen molar-refractivity contribution in [1.82, 2.24) is 5.32 Å². The largest absolute Gasteiger partial charge is 0.381 e. The van der Waals surface area contributed by atoms with Crippen molar-refractivity contribution < 1.29 is 9.53 Å². The second-order valence-corrected chi connectivity index (χ2v) is 5.28. The lowest BCUT2D eigenvalue weighted by Crippen LogP contribution is -2.41. The smallest absolute Gasteiger partial charge is 0.239 e. The second-order valence-electron chi connectivity index (χ2n) is 4.43.